The summed E-state index contributed by atoms with van der Waals surface area (Å²) >= 11 is 6.17. The number of methoxy groups -OCH3 is 2. The Hall–Kier alpha value is -2.62. The van der Waals surface area contributed by atoms with Gasteiger partial charge in [-0.3, -0.25) is 9.59 Å². The van der Waals surface area contributed by atoms with Gasteiger partial charge in [-0.15, -0.1) is 0 Å². The molecule has 0 atom stereocenters. The first-order valence-electron chi connectivity index (χ1n) is 8.45. The van der Waals surface area contributed by atoms with Crippen LogP contribution in [0.5, 0.6) is 5.75 Å². The van der Waals surface area contributed by atoms with E-state index in [1.807, 2.05) is 0 Å². The van der Waals surface area contributed by atoms with Crippen molar-refractivity contribution in [1.82, 2.24) is 4.31 Å². The number of hydrogen-bond donors (Lipinski definition) is 1. The Morgan fingerprint density at radius 3 is 2.41 bits per heavy atom. The van der Waals surface area contributed by atoms with Crippen molar-refractivity contribution in [2.24, 2.45) is 0 Å². The molecule has 0 saturated carbocycles. The standard InChI is InChI=1S/C19H21ClN2O6S/c1-13(23)21-15-8-9-17(27-2)18(10-15)29(25,26)22(12-19(24)28-3)11-14-6-4-5-7-16(14)20/h4-10H,11-12H2,1-3H3,(H,21,23). The van der Waals surface area contributed by atoms with Crippen molar-refractivity contribution in [3.05, 3.63) is 53.1 Å². The topological polar surface area (TPSA) is 102 Å². The molecule has 156 valence electrons. The molecule has 0 fully saturated rings. The third kappa shape index (κ3) is 5.69. The lowest BCUT2D eigenvalue weighted by Crippen LogP contribution is -2.36. The zero-order chi connectivity index (χ0) is 21.6. The van der Waals surface area contributed by atoms with Gasteiger partial charge in [0.15, 0.2) is 0 Å². The van der Waals surface area contributed by atoms with Crippen LogP contribution in [0.15, 0.2) is 47.4 Å². The van der Waals surface area contributed by atoms with Gasteiger partial charge in [-0.2, -0.15) is 4.31 Å². The number of esters is 1. The van der Waals surface area contributed by atoms with E-state index in [9.17, 15) is 18.0 Å². The van der Waals surface area contributed by atoms with E-state index in [2.05, 4.69) is 10.1 Å². The molecular formula is C19H21ClN2O6S. The first-order chi connectivity index (χ1) is 13.7. The number of carbonyl (C=O) groups excluding carboxylic acids is 2. The molecule has 1 amide bonds. The molecule has 2 aromatic carbocycles. The number of benzene rings is 2. The van der Waals surface area contributed by atoms with Crippen LogP contribution in [-0.2, 0) is 30.9 Å². The third-order valence-corrected chi connectivity index (χ3v) is 6.12. The molecule has 0 aliphatic rings. The van der Waals surface area contributed by atoms with Crippen LogP contribution in [0, 0.1) is 0 Å². The number of amides is 1. The first-order valence-corrected chi connectivity index (χ1v) is 10.3. The molecule has 0 heterocycles. The second kappa shape index (κ2) is 9.73. The van der Waals surface area contributed by atoms with E-state index >= 15 is 0 Å². The summed E-state index contributed by atoms with van der Waals surface area (Å²) in [4.78, 5) is 23.0. The number of hydrogen-bond acceptors (Lipinski definition) is 6. The van der Waals surface area contributed by atoms with Crippen molar-refractivity contribution in [2.45, 2.75) is 18.4 Å². The van der Waals surface area contributed by atoms with Crippen molar-refractivity contribution < 1.29 is 27.5 Å². The summed E-state index contributed by atoms with van der Waals surface area (Å²) in [6.07, 6.45) is 0. The summed E-state index contributed by atoms with van der Waals surface area (Å²) in [7, 11) is -1.73. The zero-order valence-corrected chi connectivity index (χ0v) is 17.7. The average molecular weight is 441 g/mol. The summed E-state index contributed by atoms with van der Waals surface area (Å²) in [6.45, 7) is 0.613. The average Bonchev–Trinajstić information content (AvgIpc) is 2.68. The highest BCUT2D eigenvalue weighted by atomic mass is 35.5. The summed E-state index contributed by atoms with van der Waals surface area (Å²) in [5, 5.41) is 2.89. The van der Waals surface area contributed by atoms with Crippen LogP contribution < -0.4 is 10.1 Å². The normalized spacial score (nSPS) is 11.2. The minimum atomic E-state index is -4.22. The molecule has 0 spiro atoms. The lowest BCUT2D eigenvalue weighted by atomic mass is 10.2. The van der Waals surface area contributed by atoms with Crippen molar-refractivity contribution in [3.63, 3.8) is 0 Å². The summed E-state index contributed by atoms with van der Waals surface area (Å²) in [5.74, 6) is -1.04. The molecule has 10 heteroatoms. The van der Waals surface area contributed by atoms with Gasteiger partial charge in [-0.1, -0.05) is 29.8 Å². The lowest BCUT2D eigenvalue weighted by molar-refractivity contribution is -0.140. The van der Waals surface area contributed by atoms with Crippen LogP contribution >= 0.6 is 11.6 Å². The number of carbonyl (C=O) groups is 2. The number of nitrogens with zero attached hydrogens (tertiary/aromatic N) is 1. The van der Waals surface area contributed by atoms with Gasteiger partial charge in [0.25, 0.3) is 0 Å². The van der Waals surface area contributed by atoms with E-state index < -0.39 is 22.5 Å². The number of ether oxygens (including phenoxy) is 2. The number of rotatable bonds is 8. The fraction of sp³-hybridized carbons (Fsp3) is 0.263. The second-order valence-corrected chi connectivity index (χ2v) is 8.30. The van der Waals surface area contributed by atoms with Crippen molar-refractivity contribution in [1.29, 1.82) is 0 Å². The highest BCUT2D eigenvalue weighted by Crippen LogP contribution is 2.31. The Bertz CT molecular complexity index is 1010. The fourth-order valence-corrected chi connectivity index (χ4v) is 4.29. The number of anilines is 1. The summed E-state index contributed by atoms with van der Waals surface area (Å²) < 4.78 is 37.6. The number of nitrogens with one attached hydrogen (secondary N) is 1. The Morgan fingerprint density at radius 2 is 1.83 bits per heavy atom. The van der Waals surface area contributed by atoms with Crippen molar-refractivity contribution in [3.8, 4) is 5.75 Å². The predicted molar refractivity (Wildman–Crippen MR) is 108 cm³/mol. The molecule has 0 bridgehead atoms. The smallest absolute Gasteiger partial charge is 0.321 e. The molecule has 0 saturated heterocycles. The largest absolute Gasteiger partial charge is 0.495 e. The van der Waals surface area contributed by atoms with Crippen LogP contribution in [0.25, 0.3) is 0 Å². The van der Waals surface area contributed by atoms with E-state index in [1.165, 1.54) is 39.3 Å². The predicted octanol–water partition coefficient (Wildman–Crippen LogP) is 2.67. The van der Waals surface area contributed by atoms with Crippen LogP contribution in [0.3, 0.4) is 0 Å². The van der Waals surface area contributed by atoms with E-state index in [4.69, 9.17) is 16.3 Å². The minimum absolute atomic E-state index is 0.0631. The van der Waals surface area contributed by atoms with E-state index in [1.54, 1.807) is 24.3 Å². The van der Waals surface area contributed by atoms with Gasteiger partial charge in [0, 0.05) is 24.2 Å². The second-order valence-electron chi connectivity index (χ2n) is 5.99. The summed E-state index contributed by atoms with van der Waals surface area (Å²) in [6, 6.07) is 10.9. The van der Waals surface area contributed by atoms with E-state index in [0.29, 0.717) is 10.6 Å². The number of sulfonamides is 1. The molecule has 0 unspecified atom stereocenters. The molecule has 0 aliphatic heterocycles. The minimum Gasteiger partial charge on any atom is -0.495 e. The Balaban J connectivity index is 2.54. The molecular weight excluding hydrogens is 420 g/mol. The monoisotopic (exact) mass is 440 g/mol. The Labute approximate surface area is 174 Å². The molecule has 29 heavy (non-hydrogen) atoms. The number of halogens is 1. The maximum atomic E-state index is 13.4. The van der Waals surface area contributed by atoms with Gasteiger partial charge in [-0.05, 0) is 29.8 Å². The molecule has 0 aliphatic carbocycles. The van der Waals surface area contributed by atoms with E-state index in [0.717, 1.165) is 4.31 Å². The third-order valence-electron chi connectivity index (χ3n) is 3.94. The Morgan fingerprint density at radius 1 is 1.14 bits per heavy atom. The fourth-order valence-electron chi connectivity index (χ4n) is 2.55. The maximum absolute atomic E-state index is 13.4. The highest BCUT2D eigenvalue weighted by molar-refractivity contribution is 7.89. The molecule has 8 nitrogen and oxygen atoms in total. The zero-order valence-electron chi connectivity index (χ0n) is 16.1. The molecule has 0 radical (unpaired) electrons. The van der Waals surface area contributed by atoms with Crippen LogP contribution in [0.2, 0.25) is 5.02 Å². The van der Waals surface area contributed by atoms with Gasteiger partial charge >= 0.3 is 5.97 Å². The van der Waals surface area contributed by atoms with E-state index in [-0.39, 0.29) is 28.8 Å². The molecule has 1 N–H and O–H groups in total. The molecule has 2 aromatic rings. The van der Waals surface area contributed by atoms with Crippen LogP contribution in [-0.4, -0.2) is 45.4 Å². The van der Waals surface area contributed by atoms with Gasteiger partial charge in [0.05, 0.1) is 14.2 Å². The van der Waals surface area contributed by atoms with Crippen molar-refractivity contribution >= 4 is 39.2 Å². The van der Waals surface area contributed by atoms with Gasteiger partial charge in [-0.25, -0.2) is 8.42 Å². The van der Waals surface area contributed by atoms with Crippen LogP contribution in [0.1, 0.15) is 12.5 Å². The SMILES string of the molecule is COC(=O)CN(Cc1ccccc1Cl)S(=O)(=O)c1cc(NC(C)=O)ccc1OC. The molecule has 2 rings (SSSR count). The lowest BCUT2D eigenvalue weighted by Gasteiger charge is -2.23. The quantitative estimate of drug-likeness (QED) is 0.633. The summed E-state index contributed by atoms with van der Waals surface area (Å²) in [5.41, 5.74) is 0.784. The van der Waals surface area contributed by atoms with Gasteiger partial charge < -0.3 is 14.8 Å². The van der Waals surface area contributed by atoms with Crippen molar-refractivity contribution in [2.75, 3.05) is 26.1 Å². The molecule has 0 aromatic heterocycles. The highest BCUT2D eigenvalue weighted by Gasteiger charge is 2.31. The van der Waals surface area contributed by atoms with Gasteiger partial charge in [0.1, 0.15) is 17.2 Å². The first kappa shape index (κ1) is 22.7. The van der Waals surface area contributed by atoms with Crippen LogP contribution in [0.4, 0.5) is 5.69 Å². The Kier molecular flexibility index (Phi) is 7.60. The van der Waals surface area contributed by atoms with Gasteiger partial charge in [0.2, 0.25) is 15.9 Å². The maximum Gasteiger partial charge on any atom is 0.321 e.